The van der Waals surface area contributed by atoms with Gasteiger partial charge in [-0.2, -0.15) is 0 Å². The second-order valence-electron chi connectivity index (χ2n) is 4.31. The summed E-state index contributed by atoms with van der Waals surface area (Å²) >= 11 is 0. The van der Waals surface area contributed by atoms with E-state index in [2.05, 4.69) is 29.2 Å². The Kier molecular flexibility index (Phi) is 5.29. The van der Waals surface area contributed by atoms with Crippen LogP contribution < -0.4 is 10.6 Å². The summed E-state index contributed by atoms with van der Waals surface area (Å²) < 4.78 is 0. The Balaban J connectivity index is 2.52. The molecule has 1 unspecified atom stereocenters. The molecule has 0 radical (unpaired) electrons. The molecule has 3 N–H and O–H groups in total. The number of rotatable bonds is 6. The SMILES string of the molecule is CN(C)c1ccc(C(N)CCCCO)cc1. The molecule has 0 saturated heterocycles. The molecule has 16 heavy (non-hydrogen) atoms. The summed E-state index contributed by atoms with van der Waals surface area (Å²) in [5, 5.41) is 8.70. The molecule has 0 fully saturated rings. The van der Waals surface area contributed by atoms with Crippen molar-refractivity contribution in [3.63, 3.8) is 0 Å². The first-order valence-electron chi connectivity index (χ1n) is 5.79. The van der Waals surface area contributed by atoms with Crippen LogP contribution in [-0.2, 0) is 0 Å². The molecule has 90 valence electrons. The largest absolute Gasteiger partial charge is 0.396 e. The Labute approximate surface area is 97.9 Å². The fraction of sp³-hybridized carbons (Fsp3) is 0.538. The van der Waals surface area contributed by atoms with Gasteiger partial charge in [-0.1, -0.05) is 12.1 Å². The minimum absolute atomic E-state index is 0.0859. The molecule has 1 aromatic carbocycles. The summed E-state index contributed by atoms with van der Waals surface area (Å²) in [5.74, 6) is 0. The first-order chi connectivity index (χ1) is 7.65. The summed E-state index contributed by atoms with van der Waals surface area (Å²) in [6, 6.07) is 8.42. The predicted octanol–water partition coefficient (Wildman–Crippen LogP) is 1.92. The van der Waals surface area contributed by atoms with Crippen LogP contribution in [0.4, 0.5) is 5.69 Å². The third kappa shape index (κ3) is 3.83. The molecular weight excluding hydrogens is 200 g/mol. The second kappa shape index (κ2) is 6.51. The molecule has 0 aliphatic rings. The zero-order valence-electron chi connectivity index (χ0n) is 10.2. The van der Waals surface area contributed by atoms with Crippen LogP contribution in [0, 0.1) is 0 Å². The molecule has 1 rings (SSSR count). The standard InChI is InChI=1S/C13H22N2O/c1-15(2)12-8-6-11(7-9-12)13(14)5-3-4-10-16/h6-9,13,16H,3-5,10,14H2,1-2H3. The molecule has 0 bridgehead atoms. The van der Waals surface area contributed by atoms with Crippen molar-refractivity contribution in [2.24, 2.45) is 5.73 Å². The van der Waals surface area contributed by atoms with Crippen molar-refractivity contribution in [3.8, 4) is 0 Å². The topological polar surface area (TPSA) is 49.5 Å². The second-order valence-corrected chi connectivity index (χ2v) is 4.31. The zero-order valence-corrected chi connectivity index (χ0v) is 10.2. The number of anilines is 1. The molecule has 3 heteroatoms. The van der Waals surface area contributed by atoms with Gasteiger partial charge in [-0.05, 0) is 37.0 Å². The quantitative estimate of drug-likeness (QED) is 0.723. The van der Waals surface area contributed by atoms with Gasteiger partial charge < -0.3 is 15.7 Å². The summed E-state index contributed by atoms with van der Waals surface area (Å²) in [7, 11) is 4.05. The van der Waals surface area contributed by atoms with E-state index in [9.17, 15) is 0 Å². The van der Waals surface area contributed by atoms with Gasteiger partial charge in [-0.3, -0.25) is 0 Å². The van der Waals surface area contributed by atoms with Gasteiger partial charge in [0.1, 0.15) is 0 Å². The highest BCUT2D eigenvalue weighted by molar-refractivity contribution is 5.46. The average Bonchev–Trinajstić information content (AvgIpc) is 2.29. The molecule has 0 aliphatic heterocycles. The summed E-state index contributed by atoms with van der Waals surface area (Å²) in [5.41, 5.74) is 8.42. The van der Waals surface area contributed by atoms with Crippen LogP contribution in [0.2, 0.25) is 0 Å². The number of hydrogen-bond donors (Lipinski definition) is 2. The Morgan fingerprint density at radius 3 is 2.31 bits per heavy atom. The Bertz CT molecular complexity index is 295. The highest BCUT2D eigenvalue weighted by Gasteiger charge is 2.05. The fourth-order valence-electron chi connectivity index (χ4n) is 1.66. The highest BCUT2D eigenvalue weighted by Crippen LogP contribution is 2.19. The van der Waals surface area contributed by atoms with Gasteiger partial charge in [0.05, 0.1) is 0 Å². The Hall–Kier alpha value is -1.06. The smallest absolute Gasteiger partial charge is 0.0431 e. The monoisotopic (exact) mass is 222 g/mol. The summed E-state index contributed by atoms with van der Waals surface area (Å²) in [6.07, 6.45) is 2.75. The van der Waals surface area contributed by atoms with Gasteiger partial charge in [-0.25, -0.2) is 0 Å². The number of hydrogen-bond acceptors (Lipinski definition) is 3. The molecule has 3 nitrogen and oxygen atoms in total. The van der Waals surface area contributed by atoms with Crippen molar-refractivity contribution in [2.75, 3.05) is 25.6 Å². The minimum Gasteiger partial charge on any atom is -0.396 e. The van der Waals surface area contributed by atoms with E-state index < -0.39 is 0 Å². The van der Waals surface area contributed by atoms with E-state index >= 15 is 0 Å². The van der Waals surface area contributed by atoms with Crippen LogP contribution in [0.25, 0.3) is 0 Å². The third-order valence-electron chi connectivity index (χ3n) is 2.76. The molecule has 0 amide bonds. The van der Waals surface area contributed by atoms with Gasteiger partial charge in [0.2, 0.25) is 0 Å². The van der Waals surface area contributed by atoms with E-state index in [1.54, 1.807) is 0 Å². The third-order valence-corrected chi connectivity index (χ3v) is 2.76. The number of aliphatic hydroxyl groups excluding tert-OH is 1. The van der Waals surface area contributed by atoms with E-state index in [0.717, 1.165) is 19.3 Å². The van der Waals surface area contributed by atoms with E-state index in [0.29, 0.717) is 0 Å². The van der Waals surface area contributed by atoms with Gasteiger partial charge in [-0.15, -0.1) is 0 Å². The van der Waals surface area contributed by atoms with E-state index in [1.165, 1.54) is 11.3 Å². The van der Waals surface area contributed by atoms with Gasteiger partial charge >= 0.3 is 0 Å². The zero-order chi connectivity index (χ0) is 12.0. The molecule has 0 aromatic heterocycles. The lowest BCUT2D eigenvalue weighted by atomic mass is 10.0. The maximum absolute atomic E-state index is 8.70. The maximum Gasteiger partial charge on any atom is 0.0431 e. The normalized spacial score (nSPS) is 12.5. The highest BCUT2D eigenvalue weighted by atomic mass is 16.2. The lowest BCUT2D eigenvalue weighted by Crippen LogP contribution is -2.12. The van der Waals surface area contributed by atoms with Crippen LogP contribution in [-0.4, -0.2) is 25.8 Å². The number of benzene rings is 1. The molecule has 0 aliphatic carbocycles. The summed E-state index contributed by atoms with van der Waals surface area (Å²) in [6.45, 7) is 0.256. The van der Waals surface area contributed by atoms with E-state index in [4.69, 9.17) is 10.8 Å². The van der Waals surface area contributed by atoms with Crippen molar-refractivity contribution in [2.45, 2.75) is 25.3 Å². The van der Waals surface area contributed by atoms with Gasteiger partial charge in [0.15, 0.2) is 0 Å². The number of aliphatic hydroxyl groups is 1. The Morgan fingerprint density at radius 1 is 1.19 bits per heavy atom. The number of nitrogens with two attached hydrogens (primary N) is 1. The molecule has 1 aromatic rings. The number of unbranched alkanes of at least 4 members (excludes halogenated alkanes) is 1. The van der Waals surface area contributed by atoms with E-state index in [-0.39, 0.29) is 12.6 Å². The lowest BCUT2D eigenvalue weighted by molar-refractivity contribution is 0.281. The van der Waals surface area contributed by atoms with Crippen molar-refractivity contribution >= 4 is 5.69 Å². The fourth-order valence-corrected chi connectivity index (χ4v) is 1.66. The van der Waals surface area contributed by atoms with Crippen molar-refractivity contribution in [1.29, 1.82) is 0 Å². The van der Waals surface area contributed by atoms with Crippen LogP contribution in [0.3, 0.4) is 0 Å². The van der Waals surface area contributed by atoms with Gasteiger partial charge in [0.25, 0.3) is 0 Å². The van der Waals surface area contributed by atoms with Crippen molar-refractivity contribution in [1.82, 2.24) is 0 Å². The Morgan fingerprint density at radius 2 is 1.81 bits per heavy atom. The first-order valence-corrected chi connectivity index (χ1v) is 5.79. The van der Waals surface area contributed by atoms with Crippen LogP contribution >= 0.6 is 0 Å². The van der Waals surface area contributed by atoms with E-state index in [1.807, 2.05) is 14.1 Å². The van der Waals surface area contributed by atoms with Crippen LogP contribution in [0.15, 0.2) is 24.3 Å². The van der Waals surface area contributed by atoms with Gasteiger partial charge in [0, 0.05) is 32.4 Å². The van der Waals surface area contributed by atoms with Crippen LogP contribution in [0.5, 0.6) is 0 Å². The van der Waals surface area contributed by atoms with Crippen molar-refractivity contribution in [3.05, 3.63) is 29.8 Å². The number of nitrogens with zero attached hydrogens (tertiary/aromatic N) is 1. The molecule has 0 heterocycles. The summed E-state index contributed by atoms with van der Waals surface area (Å²) in [4.78, 5) is 2.07. The molecule has 0 spiro atoms. The predicted molar refractivity (Wildman–Crippen MR) is 68.6 cm³/mol. The molecule has 1 atom stereocenters. The first kappa shape index (κ1) is 13.0. The lowest BCUT2D eigenvalue weighted by Gasteiger charge is -2.15. The van der Waals surface area contributed by atoms with Crippen molar-refractivity contribution < 1.29 is 5.11 Å². The maximum atomic E-state index is 8.70. The van der Waals surface area contributed by atoms with Crippen LogP contribution in [0.1, 0.15) is 30.9 Å². The average molecular weight is 222 g/mol. The molecular formula is C13H22N2O. The molecule has 0 saturated carbocycles. The minimum atomic E-state index is 0.0859.